The fraction of sp³-hybridized carbons (Fsp3) is 0.571. The normalized spacial score (nSPS) is 31.3. The van der Waals surface area contributed by atoms with Crippen LogP contribution in [0.15, 0.2) is 30.3 Å². The van der Waals surface area contributed by atoms with Gasteiger partial charge in [0, 0.05) is 13.5 Å². The van der Waals surface area contributed by atoms with Crippen LogP contribution in [0.3, 0.4) is 0 Å². The van der Waals surface area contributed by atoms with Crippen LogP contribution in [0.25, 0.3) is 0 Å². The molecule has 1 aliphatic heterocycles. The minimum Gasteiger partial charge on any atom is -0.391 e. The lowest BCUT2D eigenvalue weighted by Crippen LogP contribution is -2.56. The molecule has 2 rings (SSSR count). The topological polar surface area (TPSA) is 68.2 Å². The van der Waals surface area contributed by atoms with Gasteiger partial charge in [-0.2, -0.15) is 0 Å². The maximum Gasteiger partial charge on any atom is 0.221 e. The molecule has 19 heavy (non-hydrogen) atoms. The molecule has 0 spiro atoms. The third-order valence-electron chi connectivity index (χ3n) is 3.32. The Morgan fingerprint density at radius 2 is 2.05 bits per heavy atom. The number of ether oxygens (including phenoxy) is 3. The average Bonchev–Trinajstić information content (AvgIpc) is 2.48. The maximum absolute atomic E-state index is 10.0. The molecular weight excluding hydrogens is 248 g/mol. The van der Waals surface area contributed by atoms with Gasteiger partial charge in [0.05, 0.1) is 13.2 Å². The molecule has 0 amide bonds. The maximum atomic E-state index is 10.0. The van der Waals surface area contributed by atoms with Crippen LogP contribution in [0, 0.1) is 0 Å². The summed E-state index contributed by atoms with van der Waals surface area (Å²) in [5.74, 6) is -1.41. The first-order valence-electron chi connectivity index (χ1n) is 6.37. The number of hydrogen-bond donors (Lipinski definition) is 2. The summed E-state index contributed by atoms with van der Waals surface area (Å²) in [6.07, 6.45) is -0.291. The van der Waals surface area contributed by atoms with Crippen LogP contribution in [-0.2, 0) is 20.8 Å². The lowest BCUT2D eigenvalue weighted by atomic mass is 10.0. The van der Waals surface area contributed by atoms with E-state index in [1.54, 1.807) is 0 Å². The summed E-state index contributed by atoms with van der Waals surface area (Å²) in [6, 6.07) is 9.54. The van der Waals surface area contributed by atoms with Crippen molar-refractivity contribution in [2.45, 2.75) is 37.6 Å². The molecule has 0 aromatic heterocycles. The fourth-order valence-electron chi connectivity index (χ4n) is 2.14. The molecule has 1 aromatic carbocycles. The highest BCUT2D eigenvalue weighted by atomic mass is 16.8. The monoisotopic (exact) mass is 268 g/mol. The second-order valence-corrected chi connectivity index (χ2v) is 4.62. The third-order valence-corrected chi connectivity index (χ3v) is 3.32. The van der Waals surface area contributed by atoms with Crippen molar-refractivity contribution in [3.05, 3.63) is 35.9 Å². The second-order valence-electron chi connectivity index (χ2n) is 4.62. The molecule has 1 saturated heterocycles. The van der Waals surface area contributed by atoms with E-state index in [1.165, 1.54) is 7.11 Å². The van der Waals surface area contributed by atoms with Gasteiger partial charge < -0.3 is 24.4 Å². The van der Waals surface area contributed by atoms with E-state index >= 15 is 0 Å². The first-order valence-corrected chi connectivity index (χ1v) is 6.37. The minimum absolute atomic E-state index is 0.259. The van der Waals surface area contributed by atoms with Gasteiger partial charge in [0.25, 0.3) is 0 Å². The number of hydrogen-bond acceptors (Lipinski definition) is 5. The Kier molecular flexibility index (Phi) is 4.90. The number of aliphatic hydroxyl groups is 2. The van der Waals surface area contributed by atoms with Crippen LogP contribution in [-0.4, -0.2) is 42.1 Å². The highest BCUT2D eigenvalue weighted by Crippen LogP contribution is 2.31. The van der Waals surface area contributed by atoms with Crippen LogP contribution < -0.4 is 0 Å². The Morgan fingerprint density at radius 3 is 2.68 bits per heavy atom. The van der Waals surface area contributed by atoms with Gasteiger partial charge in [0.15, 0.2) is 6.29 Å². The molecule has 3 atom stereocenters. The molecule has 0 aliphatic carbocycles. The van der Waals surface area contributed by atoms with Crippen LogP contribution >= 0.6 is 0 Å². The van der Waals surface area contributed by atoms with Gasteiger partial charge in [-0.1, -0.05) is 30.3 Å². The zero-order chi connectivity index (χ0) is 13.7. The van der Waals surface area contributed by atoms with Crippen molar-refractivity contribution in [2.75, 3.05) is 13.7 Å². The second kappa shape index (κ2) is 6.45. The average molecular weight is 268 g/mol. The van der Waals surface area contributed by atoms with Crippen LogP contribution in [0.4, 0.5) is 0 Å². The summed E-state index contributed by atoms with van der Waals surface area (Å²) in [4.78, 5) is 0. The summed E-state index contributed by atoms with van der Waals surface area (Å²) >= 11 is 0. The van der Waals surface area contributed by atoms with Crippen molar-refractivity contribution in [2.24, 2.45) is 0 Å². The van der Waals surface area contributed by atoms with Crippen LogP contribution in [0.1, 0.15) is 18.4 Å². The molecular formula is C14H20O5. The van der Waals surface area contributed by atoms with Gasteiger partial charge in [-0.3, -0.25) is 0 Å². The summed E-state index contributed by atoms with van der Waals surface area (Å²) in [5, 5.41) is 19.6. The zero-order valence-electron chi connectivity index (χ0n) is 11.0. The van der Waals surface area contributed by atoms with E-state index in [9.17, 15) is 10.2 Å². The summed E-state index contributed by atoms with van der Waals surface area (Å²) in [5.41, 5.74) is 0.950. The molecule has 106 valence electrons. The van der Waals surface area contributed by atoms with Gasteiger partial charge in [-0.15, -0.1) is 0 Å². The Morgan fingerprint density at radius 1 is 1.32 bits per heavy atom. The minimum atomic E-state index is -1.41. The number of aliphatic hydroxyl groups excluding tert-OH is 2. The molecule has 0 bridgehead atoms. The highest BCUT2D eigenvalue weighted by molar-refractivity contribution is 5.13. The molecule has 0 saturated carbocycles. The van der Waals surface area contributed by atoms with Crippen molar-refractivity contribution < 1.29 is 24.4 Å². The smallest absolute Gasteiger partial charge is 0.221 e. The van der Waals surface area contributed by atoms with Gasteiger partial charge in [-0.25, -0.2) is 0 Å². The molecule has 5 nitrogen and oxygen atoms in total. The highest BCUT2D eigenvalue weighted by Gasteiger charge is 2.45. The molecule has 5 heteroatoms. The first kappa shape index (κ1) is 14.4. The van der Waals surface area contributed by atoms with Crippen molar-refractivity contribution in [1.29, 1.82) is 0 Å². The lowest BCUT2D eigenvalue weighted by molar-refractivity contribution is -0.371. The van der Waals surface area contributed by atoms with Crippen molar-refractivity contribution in [3.8, 4) is 0 Å². The Hall–Kier alpha value is -0.980. The van der Waals surface area contributed by atoms with Crippen molar-refractivity contribution in [3.63, 3.8) is 0 Å². The number of benzene rings is 1. The predicted octanol–water partition coefficient (Wildman–Crippen LogP) is 1.04. The zero-order valence-corrected chi connectivity index (χ0v) is 11.0. The molecule has 1 aromatic rings. The van der Waals surface area contributed by atoms with E-state index in [0.717, 1.165) is 5.56 Å². The fourth-order valence-corrected chi connectivity index (χ4v) is 2.14. The van der Waals surface area contributed by atoms with Crippen LogP contribution in [0.2, 0.25) is 0 Å². The quantitative estimate of drug-likeness (QED) is 0.835. The molecule has 1 heterocycles. The van der Waals surface area contributed by atoms with Gasteiger partial charge in [0.1, 0.15) is 6.10 Å². The van der Waals surface area contributed by atoms with Gasteiger partial charge in [0.2, 0.25) is 5.79 Å². The summed E-state index contributed by atoms with van der Waals surface area (Å²) < 4.78 is 16.3. The van der Waals surface area contributed by atoms with E-state index in [-0.39, 0.29) is 6.61 Å². The standard InChI is InChI=1S/C14H20O5/c1-17-13-8-7-12(16)14(10-15,19-13)18-9-11-5-3-2-4-6-11/h2-6,12-13,15-16H,7-10H2,1H3. The van der Waals surface area contributed by atoms with E-state index < -0.39 is 24.8 Å². The van der Waals surface area contributed by atoms with E-state index in [2.05, 4.69) is 0 Å². The number of methoxy groups -OCH3 is 1. The molecule has 3 unspecified atom stereocenters. The molecule has 0 radical (unpaired) electrons. The summed E-state index contributed by atoms with van der Waals surface area (Å²) in [6.45, 7) is -0.157. The Bertz CT molecular complexity index is 383. The third kappa shape index (κ3) is 3.32. The molecule has 2 N–H and O–H groups in total. The van der Waals surface area contributed by atoms with E-state index in [0.29, 0.717) is 12.8 Å². The van der Waals surface area contributed by atoms with E-state index in [1.807, 2.05) is 30.3 Å². The lowest BCUT2D eigenvalue weighted by Gasteiger charge is -2.42. The van der Waals surface area contributed by atoms with Crippen molar-refractivity contribution >= 4 is 0 Å². The van der Waals surface area contributed by atoms with Gasteiger partial charge >= 0.3 is 0 Å². The largest absolute Gasteiger partial charge is 0.391 e. The Balaban J connectivity index is 2.04. The van der Waals surface area contributed by atoms with Gasteiger partial charge in [-0.05, 0) is 12.0 Å². The molecule has 1 fully saturated rings. The summed E-state index contributed by atoms with van der Waals surface area (Å²) in [7, 11) is 1.53. The Labute approximate surface area is 112 Å². The number of rotatable bonds is 5. The predicted molar refractivity (Wildman–Crippen MR) is 68.2 cm³/mol. The SMILES string of the molecule is COC1CCC(O)C(CO)(OCc2ccccc2)O1. The van der Waals surface area contributed by atoms with Crippen molar-refractivity contribution in [1.82, 2.24) is 0 Å². The first-order chi connectivity index (χ1) is 9.20. The van der Waals surface area contributed by atoms with E-state index in [4.69, 9.17) is 14.2 Å². The van der Waals surface area contributed by atoms with Crippen LogP contribution in [0.5, 0.6) is 0 Å². The molecule has 1 aliphatic rings.